The molecule has 5 heteroatoms. The molecule has 15 heavy (non-hydrogen) atoms. The number of hydroxylamine groups is 3. The second-order valence-corrected chi connectivity index (χ2v) is 5.48. The minimum absolute atomic E-state index is 0.305. The molecule has 1 aliphatic heterocycles. The molecular formula is C10H17IN2O2+2. The molecule has 1 N–H and O–H groups in total. The van der Waals surface area contributed by atoms with Crippen molar-refractivity contribution in [3.05, 3.63) is 12.7 Å². The van der Waals surface area contributed by atoms with Gasteiger partial charge < -0.3 is 5.21 Å². The molecule has 0 unspecified atom stereocenters. The Morgan fingerprint density at radius 3 is 2.40 bits per heavy atom. The highest BCUT2D eigenvalue weighted by Gasteiger charge is 2.62. The Morgan fingerprint density at radius 2 is 2.07 bits per heavy atom. The molecule has 0 bridgehead atoms. The third-order valence-corrected chi connectivity index (χ3v) is 4.07. The smallest absolute Gasteiger partial charge is 0.354 e. The molecule has 84 valence electrons. The first kappa shape index (κ1) is 12.7. The Bertz CT molecular complexity index is 311. The first-order valence-electron chi connectivity index (χ1n) is 4.71. The van der Waals surface area contributed by atoms with Crippen LogP contribution in [0.3, 0.4) is 0 Å². The van der Waals surface area contributed by atoms with Gasteiger partial charge in [-0.1, -0.05) is 9.80 Å². The van der Waals surface area contributed by atoms with Crippen LogP contribution in [0.4, 0.5) is 0 Å². The summed E-state index contributed by atoms with van der Waals surface area (Å²) in [5.41, 5.74) is -0.736. The standard InChI is InChI=1S/C10H17IN2O2/c1-6-7-15-13-8(11)12(14)9(2,3)10(13,4)5/h14H,1,7H2,2-5H3/q+2. The molecule has 0 radical (unpaired) electrons. The van der Waals surface area contributed by atoms with Crippen molar-refractivity contribution in [3.63, 3.8) is 0 Å². The van der Waals surface area contributed by atoms with Crippen molar-refractivity contribution in [2.45, 2.75) is 38.8 Å². The summed E-state index contributed by atoms with van der Waals surface area (Å²) in [6.45, 7) is 11.8. The third kappa shape index (κ3) is 1.73. The Kier molecular flexibility index (Phi) is 3.28. The summed E-state index contributed by atoms with van der Waals surface area (Å²) in [5.74, 6) is 0. The van der Waals surface area contributed by atoms with Crippen molar-refractivity contribution in [1.82, 2.24) is 5.06 Å². The topological polar surface area (TPSA) is 35.7 Å². The van der Waals surface area contributed by atoms with Gasteiger partial charge >= 0.3 is 10.4 Å². The van der Waals surface area contributed by atoms with E-state index < -0.39 is 5.54 Å². The quantitative estimate of drug-likeness (QED) is 0.283. The summed E-state index contributed by atoms with van der Waals surface area (Å²) < 4.78 is 1.88. The average molecular weight is 324 g/mol. The number of amidine groups is 1. The summed E-state index contributed by atoms with van der Waals surface area (Å²) in [6.07, 6.45) is 2.66. The van der Waals surface area contributed by atoms with Crippen LogP contribution in [0.2, 0.25) is 0 Å². The van der Waals surface area contributed by atoms with Crippen LogP contribution in [-0.2, 0) is 4.84 Å². The molecule has 0 aromatic heterocycles. The molecule has 0 atom stereocenters. The van der Waals surface area contributed by atoms with E-state index in [1.165, 1.54) is 4.74 Å². The molecule has 0 saturated heterocycles. The first-order chi connectivity index (χ1) is 6.76. The van der Waals surface area contributed by atoms with Crippen LogP contribution in [-0.4, -0.2) is 36.5 Å². The number of halogens is 1. The van der Waals surface area contributed by atoms with Crippen molar-refractivity contribution < 1.29 is 14.8 Å². The van der Waals surface area contributed by atoms with E-state index in [0.29, 0.717) is 10.4 Å². The van der Waals surface area contributed by atoms with E-state index in [0.717, 1.165) is 0 Å². The molecule has 0 aromatic rings. The van der Waals surface area contributed by atoms with Crippen LogP contribution in [0, 0.1) is 6.08 Å². The predicted molar refractivity (Wildman–Crippen MR) is 65.9 cm³/mol. The predicted octanol–water partition coefficient (Wildman–Crippen LogP) is 1.97. The van der Waals surface area contributed by atoms with Crippen molar-refractivity contribution in [3.8, 4) is 0 Å². The summed E-state index contributed by atoms with van der Waals surface area (Å²) in [4.78, 5) is 5.50. The zero-order valence-electron chi connectivity index (χ0n) is 9.54. The Morgan fingerprint density at radius 1 is 1.53 bits per heavy atom. The van der Waals surface area contributed by atoms with Gasteiger partial charge in [0.05, 0.1) is 22.6 Å². The molecule has 0 fully saturated rings. The van der Waals surface area contributed by atoms with Gasteiger partial charge in [0.25, 0.3) is 0 Å². The van der Waals surface area contributed by atoms with Crippen LogP contribution >= 0.6 is 22.6 Å². The van der Waals surface area contributed by atoms with Crippen LogP contribution in [0.15, 0.2) is 6.58 Å². The summed E-state index contributed by atoms with van der Waals surface area (Å²) in [5, 5.41) is 11.7. The highest BCUT2D eigenvalue weighted by molar-refractivity contribution is 14.1. The maximum atomic E-state index is 9.96. The lowest BCUT2D eigenvalue weighted by Gasteiger charge is -2.30. The van der Waals surface area contributed by atoms with Crippen LogP contribution < -0.4 is 0 Å². The minimum atomic E-state index is -0.412. The highest BCUT2D eigenvalue weighted by atomic mass is 127. The van der Waals surface area contributed by atoms with Gasteiger partial charge in [0.2, 0.25) is 6.08 Å². The average Bonchev–Trinajstić information content (AvgIpc) is 2.25. The monoisotopic (exact) mass is 324 g/mol. The molecule has 0 aliphatic carbocycles. The summed E-state index contributed by atoms with van der Waals surface area (Å²) in [7, 11) is 0. The van der Waals surface area contributed by atoms with E-state index in [9.17, 15) is 5.21 Å². The second kappa shape index (κ2) is 3.88. The maximum Gasteiger partial charge on any atom is 0.378 e. The van der Waals surface area contributed by atoms with Gasteiger partial charge in [-0.25, -0.2) is 0 Å². The van der Waals surface area contributed by atoms with Gasteiger partial charge in [-0.3, -0.25) is 0 Å². The molecule has 0 saturated carbocycles. The van der Waals surface area contributed by atoms with E-state index in [1.807, 2.05) is 27.7 Å². The SMILES string of the molecule is C=[C+]CON1C(I)=[N+](O)C(C)(C)C1(C)C. The van der Waals surface area contributed by atoms with Crippen LogP contribution in [0.5, 0.6) is 0 Å². The lowest BCUT2D eigenvalue weighted by atomic mass is 9.84. The van der Waals surface area contributed by atoms with E-state index in [1.54, 1.807) is 5.06 Å². The lowest BCUT2D eigenvalue weighted by Crippen LogP contribution is -2.54. The maximum absolute atomic E-state index is 9.96. The fourth-order valence-corrected chi connectivity index (χ4v) is 2.73. The third-order valence-electron chi connectivity index (χ3n) is 3.17. The normalized spacial score (nSPS) is 23.1. The number of hydrogen-bond donors (Lipinski definition) is 1. The Balaban J connectivity index is 3.03. The van der Waals surface area contributed by atoms with E-state index in [-0.39, 0.29) is 5.54 Å². The van der Waals surface area contributed by atoms with Crippen molar-refractivity contribution in [2.75, 3.05) is 6.61 Å². The summed E-state index contributed by atoms with van der Waals surface area (Å²) >= 11 is 2.06. The van der Waals surface area contributed by atoms with Gasteiger partial charge in [0.15, 0.2) is 11.1 Å². The molecule has 4 nitrogen and oxygen atoms in total. The van der Waals surface area contributed by atoms with Gasteiger partial charge in [-0.05, 0) is 27.7 Å². The van der Waals surface area contributed by atoms with Gasteiger partial charge in [0.1, 0.15) is 6.58 Å². The van der Waals surface area contributed by atoms with Gasteiger partial charge in [-0.15, -0.1) is 4.84 Å². The van der Waals surface area contributed by atoms with Crippen molar-refractivity contribution >= 4 is 26.4 Å². The largest absolute Gasteiger partial charge is 0.378 e. The fraction of sp³-hybridized carbons (Fsp3) is 0.700. The molecule has 1 heterocycles. The molecular weight excluding hydrogens is 307 g/mol. The van der Waals surface area contributed by atoms with Crippen LogP contribution in [0.1, 0.15) is 27.7 Å². The number of hydrogen-bond acceptors (Lipinski definition) is 3. The molecule has 0 spiro atoms. The van der Waals surface area contributed by atoms with Crippen molar-refractivity contribution in [2.24, 2.45) is 0 Å². The van der Waals surface area contributed by atoms with Gasteiger partial charge in [0, 0.05) is 0 Å². The number of rotatable bonds is 3. The minimum Gasteiger partial charge on any atom is -0.354 e. The number of nitrogens with zero attached hydrogens (tertiary/aromatic N) is 2. The Labute approximate surface area is 104 Å². The second-order valence-electron chi connectivity index (χ2n) is 4.52. The molecule has 1 aliphatic rings. The summed E-state index contributed by atoms with van der Waals surface area (Å²) in [6, 6.07) is 0. The zero-order valence-corrected chi connectivity index (χ0v) is 11.7. The van der Waals surface area contributed by atoms with Crippen LogP contribution in [0.25, 0.3) is 0 Å². The zero-order chi connectivity index (χ0) is 11.9. The fourth-order valence-electron chi connectivity index (χ4n) is 1.38. The Hall–Kier alpha value is -0.390. The van der Waals surface area contributed by atoms with E-state index in [2.05, 4.69) is 35.2 Å². The van der Waals surface area contributed by atoms with Gasteiger partial charge in [-0.2, -0.15) is 0 Å². The van der Waals surface area contributed by atoms with E-state index >= 15 is 0 Å². The molecule has 0 aromatic carbocycles. The first-order valence-corrected chi connectivity index (χ1v) is 5.79. The van der Waals surface area contributed by atoms with E-state index in [4.69, 9.17) is 4.84 Å². The highest BCUT2D eigenvalue weighted by Crippen LogP contribution is 2.37. The molecule has 0 amide bonds. The molecule has 1 rings (SSSR count). The lowest BCUT2D eigenvalue weighted by molar-refractivity contribution is -0.818. The van der Waals surface area contributed by atoms with Crippen molar-refractivity contribution in [1.29, 1.82) is 0 Å².